The second-order valence-electron chi connectivity index (χ2n) is 9.82. The third kappa shape index (κ3) is 5.04. The van der Waals surface area contributed by atoms with Gasteiger partial charge in [0, 0.05) is 46.0 Å². The molecule has 0 radical (unpaired) electrons. The molecule has 0 aliphatic carbocycles. The lowest BCUT2D eigenvalue weighted by molar-refractivity contribution is 0.0769. The molecule has 2 fully saturated rings. The Balaban J connectivity index is 1.19. The van der Waals surface area contributed by atoms with Gasteiger partial charge in [0.25, 0.3) is 11.8 Å². The summed E-state index contributed by atoms with van der Waals surface area (Å²) in [6, 6.07) is 18.0. The Morgan fingerprint density at radius 1 is 1.00 bits per heavy atom. The van der Waals surface area contributed by atoms with Crippen LogP contribution in [0.2, 0.25) is 5.02 Å². The van der Waals surface area contributed by atoms with Crippen LogP contribution in [0.3, 0.4) is 0 Å². The van der Waals surface area contributed by atoms with Gasteiger partial charge >= 0.3 is 0 Å². The second kappa shape index (κ2) is 10.4. The second-order valence-corrected chi connectivity index (χ2v) is 10.2. The summed E-state index contributed by atoms with van der Waals surface area (Å²) in [5, 5.41) is 3.37. The minimum absolute atomic E-state index is 0.0318. The summed E-state index contributed by atoms with van der Waals surface area (Å²) < 4.78 is 16.1. The van der Waals surface area contributed by atoms with Gasteiger partial charge in [-0.15, -0.1) is 0 Å². The zero-order valence-electron chi connectivity index (χ0n) is 20.2. The number of nitrogens with zero attached hydrogens (tertiary/aromatic N) is 3. The van der Waals surface area contributed by atoms with Gasteiger partial charge in [-0.25, -0.2) is 4.39 Å². The highest BCUT2D eigenvalue weighted by Gasteiger charge is 2.42. The van der Waals surface area contributed by atoms with E-state index in [1.54, 1.807) is 11.0 Å². The third-order valence-corrected chi connectivity index (χ3v) is 7.76. The SMILES string of the molecule is Cn1cccc1C(=O)NC(CCN1CC2CN(C(=O)c3c(F)cccc3Cl)C[C@@H]2C1)c1ccccc1. The Morgan fingerprint density at radius 3 is 2.36 bits per heavy atom. The van der Waals surface area contributed by atoms with Gasteiger partial charge in [-0.3, -0.25) is 9.59 Å². The average Bonchev–Trinajstić information content (AvgIpc) is 3.57. The van der Waals surface area contributed by atoms with Gasteiger partial charge in [-0.1, -0.05) is 48.0 Å². The first-order chi connectivity index (χ1) is 17.4. The topological polar surface area (TPSA) is 57.6 Å². The van der Waals surface area contributed by atoms with Crippen LogP contribution in [-0.2, 0) is 7.05 Å². The molecule has 2 amide bonds. The quantitative estimate of drug-likeness (QED) is 0.515. The van der Waals surface area contributed by atoms with Crippen molar-refractivity contribution in [3.63, 3.8) is 0 Å². The van der Waals surface area contributed by atoms with Crippen molar-refractivity contribution >= 4 is 23.4 Å². The number of halogens is 2. The lowest BCUT2D eigenvalue weighted by atomic mass is 10.0. The summed E-state index contributed by atoms with van der Waals surface area (Å²) in [4.78, 5) is 30.0. The Hall–Kier alpha value is -3.16. The predicted molar refractivity (Wildman–Crippen MR) is 137 cm³/mol. The van der Waals surface area contributed by atoms with E-state index in [1.807, 2.05) is 60.3 Å². The number of carbonyl (C=O) groups excluding carboxylic acids is 2. The zero-order valence-corrected chi connectivity index (χ0v) is 21.0. The first-order valence-corrected chi connectivity index (χ1v) is 12.7. The van der Waals surface area contributed by atoms with Crippen LogP contribution in [0.15, 0.2) is 66.9 Å². The van der Waals surface area contributed by atoms with Crippen LogP contribution in [0.1, 0.15) is 38.9 Å². The van der Waals surface area contributed by atoms with Gasteiger partial charge in [0.2, 0.25) is 0 Å². The van der Waals surface area contributed by atoms with Gasteiger partial charge in [0.1, 0.15) is 11.5 Å². The number of hydrogen-bond donors (Lipinski definition) is 1. The number of fused-ring (bicyclic) bond motifs is 1. The van der Waals surface area contributed by atoms with E-state index in [-0.39, 0.29) is 28.4 Å². The number of aromatic nitrogens is 1. The van der Waals surface area contributed by atoms with Crippen molar-refractivity contribution in [1.82, 2.24) is 19.7 Å². The normalized spacial score (nSPS) is 20.4. The van der Waals surface area contributed by atoms with Gasteiger partial charge in [0.15, 0.2) is 0 Å². The molecule has 8 heteroatoms. The average molecular weight is 509 g/mol. The van der Waals surface area contributed by atoms with Crippen LogP contribution < -0.4 is 5.32 Å². The number of carbonyl (C=O) groups is 2. The van der Waals surface area contributed by atoms with Gasteiger partial charge in [-0.05, 0) is 48.1 Å². The van der Waals surface area contributed by atoms with Crippen LogP contribution >= 0.6 is 11.6 Å². The molecule has 2 aliphatic heterocycles. The van der Waals surface area contributed by atoms with E-state index in [1.165, 1.54) is 12.1 Å². The number of likely N-dealkylation sites (tertiary alicyclic amines) is 2. The van der Waals surface area contributed by atoms with Crippen LogP contribution in [-0.4, -0.2) is 58.9 Å². The molecule has 0 saturated carbocycles. The van der Waals surface area contributed by atoms with E-state index in [9.17, 15) is 14.0 Å². The van der Waals surface area contributed by atoms with E-state index < -0.39 is 5.82 Å². The molecule has 2 saturated heterocycles. The minimum atomic E-state index is -0.574. The first kappa shape index (κ1) is 24.5. The highest BCUT2D eigenvalue weighted by Crippen LogP contribution is 2.33. The van der Waals surface area contributed by atoms with Crippen molar-refractivity contribution in [2.45, 2.75) is 12.5 Å². The van der Waals surface area contributed by atoms with Crippen LogP contribution in [0.5, 0.6) is 0 Å². The molecular weight excluding hydrogens is 479 g/mol. The molecule has 1 N–H and O–H groups in total. The Kier molecular flexibility index (Phi) is 7.12. The Labute approximate surface area is 215 Å². The summed E-state index contributed by atoms with van der Waals surface area (Å²) >= 11 is 6.12. The lowest BCUT2D eigenvalue weighted by Crippen LogP contribution is -2.36. The molecule has 2 aliphatic rings. The summed E-state index contributed by atoms with van der Waals surface area (Å²) in [6.07, 6.45) is 2.65. The van der Waals surface area contributed by atoms with Crippen molar-refractivity contribution in [1.29, 1.82) is 0 Å². The Bertz CT molecular complexity index is 1210. The maximum absolute atomic E-state index is 14.3. The van der Waals surface area contributed by atoms with Gasteiger partial charge in [-0.2, -0.15) is 0 Å². The third-order valence-electron chi connectivity index (χ3n) is 7.44. The van der Waals surface area contributed by atoms with Crippen molar-refractivity contribution in [3.05, 3.63) is 94.5 Å². The summed E-state index contributed by atoms with van der Waals surface area (Å²) in [6.45, 7) is 3.82. The molecule has 3 aromatic rings. The van der Waals surface area contributed by atoms with E-state index in [0.29, 0.717) is 30.6 Å². The molecule has 36 heavy (non-hydrogen) atoms. The highest BCUT2D eigenvalue weighted by molar-refractivity contribution is 6.33. The molecule has 3 atom stereocenters. The fourth-order valence-corrected chi connectivity index (χ4v) is 5.79. The monoisotopic (exact) mass is 508 g/mol. The first-order valence-electron chi connectivity index (χ1n) is 12.3. The van der Waals surface area contributed by atoms with Crippen molar-refractivity contribution in [2.24, 2.45) is 18.9 Å². The van der Waals surface area contributed by atoms with Crippen molar-refractivity contribution < 1.29 is 14.0 Å². The summed E-state index contributed by atoms with van der Waals surface area (Å²) in [7, 11) is 1.86. The zero-order chi connectivity index (χ0) is 25.2. The van der Waals surface area contributed by atoms with Crippen LogP contribution in [0.25, 0.3) is 0 Å². The highest BCUT2D eigenvalue weighted by atomic mass is 35.5. The molecular formula is C28H30ClFN4O2. The number of nitrogens with one attached hydrogen (secondary N) is 1. The molecule has 0 spiro atoms. The summed E-state index contributed by atoms with van der Waals surface area (Å²) in [5.74, 6) is -0.280. The van der Waals surface area contributed by atoms with Crippen LogP contribution in [0, 0.1) is 17.7 Å². The molecule has 2 aromatic carbocycles. The number of amides is 2. The number of aryl methyl sites for hydroxylation is 1. The van der Waals surface area contributed by atoms with E-state index in [4.69, 9.17) is 11.6 Å². The minimum Gasteiger partial charge on any atom is -0.347 e. The molecule has 5 rings (SSSR count). The molecule has 3 heterocycles. The van der Waals surface area contributed by atoms with Crippen molar-refractivity contribution in [2.75, 3.05) is 32.7 Å². The molecule has 188 valence electrons. The van der Waals surface area contributed by atoms with Gasteiger partial charge in [0.05, 0.1) is 16.6 Å². The van der Waals surface area contributed by atoms with Crippen LogP contribution in [0.4, 0.5) is 4.39 Å². The predicted octanol–water partition coefficient (Wildman–Crippen LogP) is 4.38. The lowest BCUT2D eigenvalue weighted by Gasteiger charge is -2.25. The number of hydrogen-bond acceptors (Lipinski definition) is 3. The molecule has 0 bridgehead atoms. The number of benzene rings is 2. The Morgan fingerprint density at radius 2 is 1.72 bits per heavy atom. The molecule has 1 aromatic heterocycles. The maximum Gasteiger partial charge on any atom is 0.268 e. The largest absolute Gasteiger partial charge is 0.347 e. The fraction of sp³-hybridized carbons (Fsp3) is 0.357. The van der Waals surface area contributed by atoms with Crippen molar-refractivity contribution in [3.8, 4) is 0 Å². The standard InChI is InChI=1S/C28H30ClFN4O2/c1-32-13-6-11-25(32)27(35)31-24(19-7-3-2-4-8-19)12-14-33-15-20-17-34(18-21(20)16-33)28(36)26-22(29)9-5-10-23(26)30/h2-11,13,20-21,24H,12,14-18H2,1H3,(H,31,35)/t20-,21?,24?/m0/s1. The molecule has 2 unspecified atom stereocenters. The van der Waals surface area contributed by atoms with E-state index in [0.717, 1.165) is 31.6 Å². The maximum atomic E-state index is 14.3. The van der Waals surface area contributed by atoms with E-state index in [2.05, 4.69) is 10.2 Å². The molecule has 6 nitrogen and oxygen atoms in total. The number of rotatable bonds is 7. The van der Waals surface area contributed by atoms with E-state index >= 15 is 0 Å². The van der Waals surface area contributed by atoms with Gasteiger partial charge < -0.3 is 19.7 Å². The smallest absolute Gasteiger partial charge is 0.268 e. The fourth-order valence-electron chi connectivity index (χ4n) is 5.55. The summed E-state index contributed by atoms with van der Waals surface area (Å²) in [5.41, 5.74) is 1.68.